The molecule has 3 rings (SSSR count). The lowest BCUT2D eigenvalue weighted by Crippen LogP contribution is -2.55. The van der Waals surface area contributed by atoms with Gasteiger partial charge in [-0.3, -0.25) is 4.79 Å². The van der Waals surface area contributed by atoms with Crippen molar-refractivity contribution in [2.75, 3.05) is 20.3 Å². The van der Waals surface area contributed by atoms with E-state index in [0.29, 0.717) is 18.1 Å². The molecule has 1 unspecified atom stereocenters. The molecule has 7 nitrogen and oxygen atoms in total. The third-order valence-corrected chi connectivity index (χ3v) is 3.86. The zero-order valence-corrected chi connectivity index (χ0v) is 12.0. The summed E-state index contributed by atoms with van der Waals surface area (Å²) in [5.41, 5.74) is -0.278. The topological polar surface area (TPSA) is 101 Å². The van der Waals surface area contributed by atoms with E-state index in [4.69, 9.17) is 9.47 Å². The lowest BCUT2D eigenvalue weighted by atomic mass is 9.99. The monoisotopic (exact) mass is 304 g/mol. The van der Waals surface area contributed by atoms with Crippen LogP contribution in [0.5, 0.6) is 5.75 Å². The lowest BCUT2D eigenvalue weighted by Gasteiger charge is -2.23. The first-order chi connectivity index (χ1) is 10.5. The van der Waals surface area contributed by atoms with E-state index in [-0.39, 0.29) is 13.0 Å². The van der Waals surface area contributed by atoms with Crippen molar-refractivity contribution in [2.45, 2.75) is 12.0 Å². The number of amides is 1. The third-order valence-electron chi connectivity index (χ3n) is 3.86. The number of H-pyrrole nitrogens is 1. The predicted molar refractivity (Wildman–Crippen MR) is 78.1 cm³/mol. The van der Waals surface area contributed by atoms with Crippen LogP contribution in [0, 0.1) is 0 Å². The van der Waals surface area contributed by atoms with E-state index < -0.39 is 17.4 Å². The van der Waals surface area contributed by atoms with Crippen LogP contribution < -0.4 is 10.1 Å². The molecule has 2 aromatic rings. The minimum atomic E-state index is -1.36. The fraction of sp³-hybridized carbons (Fsp3) is 0.333. The van der Waals surface area contributed by atoms with E-state index in [1.165, 1.54) is 0 Å². The second kappa shape index (κ2) is 5.34. The second-order valence-electron chi connectivity index (χ2n) is 5.28. The molecule has 116 valence electrons. The van der Waals surface area contributed by atoms with Gasteiger partial charge in [0.2, 0.25) is 0 Å². The lowest BCUT2D eigenvalue weighted by molar-refractivity contribution is -0.144. The standard InChI is InChI=1S/C15H16N2O5/c1-21-10-2-3-11-9(6-10)7-12(16-11)13(18)17-15(14(19)20)4-5-22-8-15/h2-3,6-7,16H,4-5,8H2,1H3,(H,17,18)(H,19,20). The van der Waals surface area contributed by atoms with Crippen LogP contribution >= 0.6 is 0 Å². The van der Waals surface area contributed by atoms with Crippen molar-refractivity contribution in [3.05, 3.63) is 30.0 Å². The summed E-state index contributed by atoms with van der Waals surface area (Å²) in [6.07, 6.45) is 0.252. The van der Waals surface area contributed by atoms with Crippen LogP contribution in [0.25, 0.3) is 10.9 Å². The number of carbonyl (C=O) groups is 2. The van der Waals surface area contributed by atoms with Crippen LogP contribution in [0.4, 0.5) is 0 Å². The number of rotatable bonds is 4. The summed E-state index contributed by atoms with van der Waals surface area (Å²) in [6, 6.07) is 7.05. The van der Waals surface area contributed by atoms with E-state index in [2.05, 4.69) is 10.3 Å². The number of aromatic amines is 1. The van der Waals surface area contributed by atoms with E-state index >= 15 is 0 Å². The average molecular weight is 304 g/mol. The Bertz CT molecular complexity index is 731. The molecular formula is C15H16N2O5. The first kappa shape index (κ1) is 14.4. The van der Waals surface area contributed by atoms with Crippen molar-refractivity contribution in [3.63, 3.8) is 0 Å². The highest BCUT2D eigenvalue weighted by molar-refractivity contribution is 6.00. The van der Waals surface area contributed by atoms with Gasteiger partial charge in [-0.1, -0.05) is 0 Å². The number of carboxylic acid groups (broad SMARTS) is 1. The van der Waals surface area contributed by atoms with Crippen LogP contribution in [-0.2, 0) is 9.53 Å². The van der Waals surface area contributed by atoms with Gasteiger partial charge in [-0.25, -0.2) is 4.79 Å². The van der Waals surface area contributed by atoms with Crippen molar-refractivity contribution in [1.82, 2.24) is 10.3 Å². The summed E-state index contributed by atoms with van der Waals surface area (Å²) in [4.78, 5) is 26.7. The molecule has 0 bridgehead atoms. The number of benzene rings is 1. The summed E-state index contributed by atoms with van der Waals surface area (Å²) >= 11 is 0. The predicted octanol–water partition coefficient (Wildman–Crippen LogP) is 1.15. The Hall–Kier alpha value is -2.54. The second-order valence-corrected chi connectivity index (χ2v) is 5.28. The Balaban J connectivity index is 1.87. The number of hydrogen-bond acceptors (Lipinski definition) is 4. The molecule has 1 atom stereocenters. The van der Waals surface area contributed by atoms with Crippen LogP contribution in [0.2, 0.25) is 0 Å². The van der Waals surface area contributed by atoms with Gasteiger partial charge >= 0.3 is 5.97 Å². The normalized spacial score (nSPS) is 21.0. The van der Waals surface area contributed by atoms with Crippen LogP contribution in [0.15, 0.2) is 24.3 Å². The van der Waals surface area contributed by atoms with Crippen molar-refractivity contribution < 1.29 is 24.2 Å². The van der Waals surface area contributed by atoms with E-state index in [1.807, 2.05) is 0 Å². The number of methoxy groups -OCH3 is 1. The smallest absolute Gasteiger partial charge is 0.331 e. The van der Waals surface area contributed by atoms with E-state index in [9.17, 15) is 14.7 Å². The summed E-state index contributed by atoms with van der Waals surface area (Å²) in [5, 5.41) is 12.7. The first-order valence-electron chi connectivity index (χ1n) is 6.84. The zero-order valence-electron chi connectivity index (χ0n) is 12.0. The molecule has 0 spiro atoms. The number of aliphatic carboxylic acids is 1. The maximum absolute atomic E-state index is 12.3. The number of fused-ring (bicyclic) bond motifs is 1. The highest BCUT2D eigenvalue weighted by atomic mass is 16.5. The minimum Gasteiger partial charge on any atom is -0.497 e. The molecular weight excluding hydrogens is 288 g/mol. The number of aromatic nitrogens is 1. The highest BCUT2D eigenvalue weighted by Crippen LogP contribution is 2.23. The Labute approximate surface area is 126 Å². The van der Waals surface area contributed by atoms with Gasteiger partial charge < -0.3 is 24.9 Å². The van der Waals surface area contributed by atoms with Gasteiger partial charge in [-0.2, -0.15) is 0 Å². The van der Waals surface area contributed by atoms with E-state index in [0.717, 1.165) is 10.9 Å². The molecule has 0 saturated carbocycles. The molecule has 22 heavy (non-hydrogen) atoms. The van der Waals surface area contributed by atoms with Gasteiger partial charge in [0.1, 0.15) is 11.4 Å². The summed E-state index contributed by atoms with van der Waals surface area (Å²) < 4.78 is 10.3. The number of hydrogen-bond donors (Lipinski definition) is 3. The Morgan fingerprint density at radius 1 is 1.41 bits per heavy atom. The fourth-order valence-electron chi connectivity index (χ4n) is 2.53. The molecule has 3 N–H and O–H groups in total. The van der Waals surface area contributed by atoms with Crippen molar-refractivity contribution >= 4 is 22.8 Å². The summed E-state index contributed by atoms with van der Waals surface area (Å²) in [5.74, 6) is -0.871. The Kier molecular flexibility index (Phi) is 3.50. The van der Waals surface area contributed by atoms with Crippen LogP contribution in [0.1, 0.15) is 16.9 Å². The number of carboxylic acids is 1. The van der Waals surface area contributed by atoms with Crippen molar-refractivity contribution in [1.29, 1.82) is 0 Å². The largest absolute Gasteiger partial charge is 0.497 e. The molecule has 1 amide bonds. The first-order valence-corrected chi connectivity index (χ1v) is 6.84. The zero-order chi connectivity index (χ0) is 15.7. The maximum atomic E-state index is 12.3. The van der Waals surface area contributed by atoms with Gasteiger partial charge in [0, 0.05) is 23.9 Å². The fourth-order valence-corrected chi connectivity index (χ4v) is 2.53. The minimum absolute atomic E-state index is 0.0257. The van der Waals surface area contributed by atoms with Gasteiger partial charge in [0.05, 0.1) is 13.7 Å². The quantitative estimate of drug-likeness (QED) is 0.786. The SMILES string of the molecule is COc1ccc2[nH]c(C(=O)NC3(C(=O)O)CCOC3)cc2c1. The Morgan fingerprint density at radius 2 is 2.23 bits per heavy atom. The number of ether oxygens (including phenoxy) is 2. The molecule has 1 aliphatic rings. The summed E-state index contributed by atoms with van der Waals surface area (Å²) in [7, 11) is 1.57. The molecule has 2 heterocycles. The third kappa shape index (κ3) is 2.39. The van der Waals surface area contributed by atoms with Crippen molar-refractivity contribution in [3.8, 4) is 5.75 Å². The molecule has 1 aromatic carbocycles. The van der Waals surface area contributed by atoms with Gasteiger partial charge in [0.25, 0.3) is 5.91 Å². The van der Waals surface area contributed by atoms with Gasteiger partial charge in [-0.05, 0) is 24.3 Å². The molecule has 1 fully saturated rings. The van der Waals surface area contributed by atoms with Gasteiger partial charge in [0.15, 0.2) is 5.54 Å². The van der Waals surface area contributed by atoms with E-state index in [1.54, 1.807) is 31.4 Å². The number of carbonyl (C=O) groups excluding carboxylic acids is 1. The average Bonchev–Trinajstić information content (AvgIpc) is 3.13. The molecule has 1 aliphatic heterocycles. The Morgan fingerprint density at radius 3 is 2.86 bits per heavy atom. The maximum Gasteiger partial charge on any atom is 0.331 e. The van der Waals surface area contributed by atoms with Crippen LogP contribution in [-0.4, -0.2) is 47.8 Å². The number of nitrogens with one attached hydrogen (secondary N) is 2. The molecule has 1 aromatic heterocycles. The van der Waals surface area contributed by atoms with Crippen LogP contribution in [0.3, 0.4) is 0 Å². The highest BCUT2D eigenvalue weighted by Gasteiger charge is 2.44. The molecule has 0 radical (unpaired) electrons. The van der Waals surface area contributed by atoms with Gasteiger partial charge in [-0.15, -0.1) is 0 Å². The molecule has 1 saturated heterocycles. The molecule has 7 heteroatoms. The summed E-state index contributed by atoms with van der Waals surface area (Å²) in [6.45, 7) is 0.290. The molecule has 0 aliphatic carbocycles. The van der Waals surface area contributed by atoms with Crippen molar-refractivity contribution in [2.24, 2.45) is 0 Å².